The van der Waals surface area contributed by atoms with Gasteiger partial charge in [-0.1, -0.05) is 72.3 Å². The third-order valence-electron chi connectivity index (χ3n) is 4.81. The van der Waals surface area contributed by atoms with E-state index in [9.17, 15) is 10.1 Å². The number of benzene rings is 3. The zero-order chi connectivity index (χ0) is 21.9. The van der Waals surface area contributed by atoms with Gasteiger partial charge in [-0.05, 0) is 54.7 Å². The van der Waals surface area contributed by atoms with Crippen LogP contribution in [-0.2, 0) is 17.8 Å². The fourth-order valence-electron chi connectivity index (χ4n) is 3.18. The summed E-state index contributed by atoms with van der Waals surface area (Å²) in [7, 11) is 0. The van der Waals surface area contributed by atoms with Crippen LogP contribution in [0.15, 0.2) is 84.4 Å². The first-order valence-corrected chi connectivity index (χ1v) is 10.4. The molecule has 0 unspecified atom stereocenters. The summed E-state index contributed by atoms with van der Waals surface area (Å²) >= 11 is 0. The number of ether oxygens (including phenoxy) is 1. The third kappa shape index (κ3) is 7.17. The predicted molar refractivity (Wildman–Crippen MR) is 123 cm³/mol. The van der Waals surface area contributed by atoms with Gasteiger partial charge in [0.05, 0.1) is 0 Å². The lowest BCUT2D eigenvalue weighted by atomic mass is 10.1. The van der Waals surface area contributed by atoms with Crippen LogP contribution in [0.5, 0.6) is 5.75 Å². The summed E-state index contributed by atoms with van der Waals surface area (Å²) in [6.07, 6.45) is 3.30. The van der Waals surface area contributed by atoms with Gasteiger partial charge in [0.1, 0.15) is 24.0 Å². The van der Waals surface area contributed by atoms with E-state index in [1.165, 1.54) is 11.1 Å². The van der Waals surface area contributed by atoms with Crippen molar-refractivity contribution in [2.75, 3.05) is 6.54 Å². The van der Waals surface area contributed by atoms with Gasteiger partial charge in [-0.3, -0.25) is 4.79 Å². The smallest absolute Gasteiger partial charge is 0.261 e. The number of hydrogen-bond acceptors (Lipinski definition) is 3. The number of carbonyl (C=O) groups is 1. The number of amides is 1. The highest BCUT2D eigenvalue weighted by atomic mass is 16.5. The van der Waals surface area contributed by atoms with Crippen molar-refractivity contribution in [3.05, 3.63) is 107 Å². The van der Waals surface area contributed by atoms with Gasteiger partial charge in [0.25, 0.3) is 5.91 Å². The maximum atomic E-state index is 12.3. The molecule has 4 nitrogen and oxygen atoms in total. The van der Waals surface area contributed by atoms with Gasteiger partial charge < -0.3 is 10.1 Å². The van der Waals surface area contributed by atoms with E-state index in [2.05, 4.69) is 36.5 Å². The van der Waals surface area contributed by atoms with Crippen LogP contribution in [0.25, 0.3) is 6.08 Å². The molecule has 0 spiro atoms. The van der Waals surface area contributed by atoms with Crippen molar-refractivity contribution < 1.29 is 9.53 Å². The lowest BCUT2D eigenvalue weighted by Crippen LogP contribution is -2.25. The number of aryl methyl sites for hydroxylation is 2. The molecule has 3 aromatic rings. The van der Waals surface area contributed by atoms with E-state index in [1.807, 2.05) is 60.7 Å². The van der Waals surface area contributed by atoms with E-state index in [0.717, 1.165) is 29.7 Å². The Bertz CT molecular complexity index is 1060. The minimum atomic E-state index is -0.352. The standard InChI is InChI=1S/C27H26N2O2/c1-21-7-5-10-24(17-21)20-31-26-14-12-23(13-15-26)18-25(19-28)27(30)29-16-6-11-22-8-3-2-4-9-22/h2-5,7-10,12-15,17-18H,6,11,16,20H2,1H3,(H,29,30)/b25-18-. The van der Waals surface area contributed by atoms with Gasteiger partial charge in [-0.2, -0.15) is 5.26 Å². The molecule has 3 aromatic carbocycles. The van der Waals surface area contributed by atoms with Crippen molar-refractivity contribution in [3.63, 3.8) is 0 Å². The summed E-state index contributed by atoms with van der Waals surface area (Å²) in [5.41, 5.74) is 4.41. The molecule has 0 aliphatic rings. The third-order valence-corrected chi connectivity index (χ3v) is 4.81. The Kier molecular flexibility index (Phi) is 8.02. The van der Waals surface area contributed by atoms with E-state index < -0.39 is 0 Å². The Morgan fingerprint density at radius 2 is 1.74 bits per heavy atom. The maximum absolute atomic E-state index is 12.3. The summed E-state index contributed by atoms with van der Waals surface area (Å²) in [5.74, 6) is 0.387. The molecule has 0 aromatic heterocycles. The minimum Gasteiger partial charge on any atom is -0.489 e. The topological polar surface area (TPSA) is 62.1 Å². The molecule has 0 atom stereocenters. The number of carbonyl (C=O) groups excluding carboxylic acids is 1. The second-order valence-corrected chi connectivity index (χ2v) is 7.36. The van der Waals surface area contributed by atoms with Crippen LogP contribution in [0.1, 0.15) is 28.7 Å². The van der Waals surface area contributed by atoms with Crippen LogP contribution in [0.3, 0.4) is 0 Å². The van der Waals surface area contributed by atoms with Crippen LogP contribution in [0, 0.1) is 18.3 Å². The van der Waals surface area contributed by atoms with Gasteiger partial charge >= 0.3 is 0 Å². The Balaban J connectivity index is 1.50. The molecule has 1 N–H and O–H groups in total. The fraction of sp³-hybridized carbons (Fsp3) is 0.185. The summed E-state index contributed by atoms with van der Waals surface area (Å²) in [6, 6.07) is 27.7. The van der Waals surface area contributed by atoms with Crippen molar-refractivity contribution in [1.82, 2.24) is 5.32 Å². The van der Waals surface area contributed by atoms with Gasteiger partial charge in [0, 0.05) is 6.54 Å². The van der Waals surface area contributed by atoms with E-state index in [1.54, 1.807) is 6.08 Å². The van der Waals surface area contributed by atoms with Crippen molar-refractivity contribution in [3.8, 4) is 11.8 Å². The molecule has 156 valence electrons. The molecule has 3 rings (SSSR count). The highest BCUT2D eigenvalue weighted by molar-refractivity contribution is 6.01. The maximum Gasteiger partial charge on any atom is 0.261 e. The number of nitrogens with zero attached hydrogens (tertiary/aromatic N) is 1. The van der Waals surface area contributed by atoms with Gasteiger partial charge in [-0.15, -0.1) is 0 Å². The highest BCUT2D eigenvalue weighted by Gasteiger charge is 2.08. The molecule has 0 aliphatic carbocycles. The van der Waals surface area contributed by atoms with Crippen LogP contribution in [-0.4, -0.2) is 12.5 Å². The lowest BCUT2D eigenvalue weighted by Gasteiger charge is -2.07. The average molecular weight is 411 g/mol. The Morgan fingerprint density at radius 1 is 1.00 bits per heavy atom. The first-order chi connectivity index (χ1) is 15.1. The molecule has 31 heavy (non-hydrogen) atoms. The first-order valence-electron chi connectivity index (χ1n) is 10.4. The molecular weight excluding hydrogens is 384 g/mol. The summed E-state index contributed by atoms with van der Waals surface area (Å²) in [5, 5.41) is 12.2. The highest BCUT2D eigenvalue weighted by Crippen LogP contribution is 2.16. The molecule has 0 saturated carbocycles. The zero-order valence-electron chi connectivity index (χ0n) is 17.7. The average Bonchev–Trinajstić information content (AvgIpc) is 2.80. The predicted octanol–water partition coefficient (Wildman–Crippen LogP) is 5.23. The monoisotopic (exact) mass is 410 g/mol. The Hall–Kier alpha value is -3.84. The molecule has 0 saturated heterocycles. The van der Waals surface area contributed by atoms with Crippen molar-refractivity contribution in [2.45, 2.75) is 26.4 Å². The second-order valence-electron chi connectivity index (χ2n) is 7.36. The van der Waals surface area contributed by atoms with Gasteiger partial charge in [0.2, 0.25) is 0 Å². The quantitative estimate of drug-likeness (QED) is 0.298. The Labute approximate surface area is 183 Å². The van der Waals surface area contributed by atoms with E-state index in [-0.39, 0.29) is 11.5 Å². The zero-order valence-corrected chi connectivity index (χ0v) is 17.7. The molecule has 4 heteroatoms. The molecule has 1 amide bonds. The number of rotatable bonds is 9. The molecule has 0 fully saturated rings. The summed E-state index contributed by atoms with van der Waals surface area (Å²) < 4.78 is 5.82. The van der Waals surface area contributed by atoms with Crippen LogP contribution in [0.2, 0.25) is 0 Å². The number of hydrogen-bond donors (Lipinski definition) is 1. The number of nitriles is 1. The first kappa shape index (κ1) is 21.9. The largest absolute Gasteiger partial charge is 0.489 e. The summed E-state index contributed by atoms with van der Waals surface area (Å²) in [4.78, 5) is 12.3. The van der Waals surface area contributed by atoms with Crippen molar-refractivity contribution in [2.24, 2.45) is 0 Å². The minimum absolute atomic E-state index is 0.0909. The van der Waals surface area contributed by atoms with E-state index in [4.69, 9.17) is 4.74 Å². The fourth-order valence-corrected chi connectivity index (χ4v) is 3.18. The number of nitrogens with one attached hydrogen (secondary N) is 1. The molecule has 0 heterocycles. The van der Waals surface area contributed by atoms with Crippen LogP contribution in [0.4, 0.5) is 0 Å². The molecular formula is C27H26N2O2. The molecule has 0 radical (unpaired) electrons. The molecule has 0 bridgehead atoms. The van der Waals surface area contributed by atoms with Crippen molar-refractivity contribution in [1.29, 1.82) is 5.26 Å². The lowest BCUT2D eigenvalue weighted by molar-refractivity contribution is -0.117. The van der Waals surface area contributed by atoms with E-state index >= 15 is 0 Å². The normalized spacial score (nSPS) is 10.9. The SMILES string of the molecule is Cc1cccc(COc2ccc(/C=C(/C#N)C(=O)NCCCc3ccccc3)cc2)c1. The van der Waals surface area contributed by atoms with E-state index in [0.29, 0.717) is 13.2 Å². The van der Waals surface area contributed by atoms with Crippen LogP contribution >= 0.6 is 0 Å². The van der Waals surface area contributed by atoms with Gasteiger partial charge in [-0.25, -0.2) is 0 Å². The molecule has 0 aliphatic heterocycles. The van der Waals surface area contributed by atoms with Crippen LogP contribution < -0.4 is 10.1 Å². The Morgan fingerprint density at radius 3 is 2.45 bits per heavy atom. The van der Waals surface area contributed by atoms with Crippen molar-refractivity contribution >= 4 is 12.0 Å². The second kappa shape index (κ2) is 11.4. The summed E-state index contributed by atoms with van der Waals surface area (Å²) in [6.45, 7) is 3.07. The van der Waals surface area contributed by atoms with Gasteiger partial charge in [0.15, 0.2) is 0 Å².